The standard InChI is InChI=1S/C25H27NO7S/c1-29-21-12-11-20(16-22(21)30-2)34(27,28)26-19-8-6-7-17(13-19)9-10-18-14-23(31-3)25(33-5)24(15-18)32-4/h6-16,26H,1-5H3/b10-9-. The van der Waals surface area contributed by atoms with E-state index in [0.717, 1.165) is 11.1 Å². The van der Waals surface area contributed by atoms with Gasteiger partial charge in [0.25, 0.3) is 10.0 Å². The monoisotopic (exact) mass is 485 g/mol. The van der Waals surface area contributed by atoms with Crippen molar-refractivity contribution in [2.24, 2.45) is 0 Å². The van der Waals surface area contributed by atoms with Crippen LogP contribution in [0.25, 0.3) is 12.2 Å². The fourth-order valence-electron chi connectivity index (χ4n) is 3.29. The Morgan fingerprint density at radius 1 is 0.647 bits per heavy atom. The van der Waals surface area contributed by atoms with Gasteiger partial charge in [0.05, 0.1) is 40.4 Å². The maximum atomic E-state index is 12.9. The third-order valence-corrected chi connectivity index (χ3v) is 6.34. The summed E-state index contributed by atoms with van der Waals surface area (Å²) in [5.74, 6) is 2.36. The quantitative estimate of drug-likeness (QED) is 0.416. The van der Waals surface area contributed by atoms with Crippen LogP contribution < -0.4 is 28.4 Å². The molecule has 0 fully saturated rings. The predicted octanol–water partition coefficient (Wildman–Crippen LogP) is 4.70. The Morgan fingerprint density at radius 2 is 1.26 bits per heavy atom. The van der Waals surface area contributed by atoms with Gasteiger partial charge in [-0.15, -0.1) is 0 Å². The number of hydrogen-bond acceptors (Lipinski definition) is 7. The van der Waals surface area contributed by atoms with Crippen molar-refractivity contribution >= 4 is 27.9 Å². The molecule has 0 aliphatic heterocycles. The second-order valence-corrected chi connectivity index (χ2v) is 8.72. The van der Waals surface area contributed by atoms with Crippen LogP contribution in [-0.4, -0.2) is 44.0 Å². The fourth-order valence-corrected chi connectivity index (χ4v) is 4.36. The van der Waals surface area contributed by atoms with Crippen molar-refractivity contribution in [3.05, 3.63) is 65.7 Å². The zero-order valence-corrected chi connectivity index (χ0v) is 20.4. The summed E-state index contributed by atoms with van der Waals surface area (Å²) in [5.41, 5.74) is 2.04. The second-order valence-electron chi connectivity index (χ2n) is 7.04. The molecule has 0 aromatic heterocycles. The van der Waals surface area contributed by atoms with Gasteiger partial charge in [0.2, 0.25) is 5.75 Å². The normalized spacial score (nSPS) is 11.2. The van der Waals surface area contributed by atoms with Crippen LogP contribution in [0.15, 0.2) is 59.5 Å². The first-order chi connectivity index (χ1) is 16.3. The summed E-state index contributed by atoms with van der Waals surface area (Å²) >= 11 is 0. The number of hydrogen-bond donors (Lipinski definition) is 1. The molecule has 0 aliphatic rings. The maximum Gasteiger partial charge on any atom is 0.262 e. The van der Waals surface area contributed by atoms with Gasteiger partial charge < -0.3 is 23.7 Å². The summed E-state index contributed by atoms with van der Waals surface area (Å²) < 4.78 is 54.9. The van der Waals surface area contributed by atoms with E-state index >= 15 is 0 Å². The van der Waals surface area contributed by atoms with Crippen LogP contribution in [0, 0.1) is 0 Å². The van der Waals surface area contributed by atoms with Crippen molar-refractivity contribution in [2.45, 2.75) is 4.90 Å². The average Bonchev–Trinajstić information content (AvgIpc) is 2.86. The van der Waals surface area contributed by atoms with Gasteiger partial charge >= 0.3 is 0 Å². The van der Waals surface area contributed by atoms with Gasteiger partial charge in [-0.3, -0.25) is 4.72 Å². The van der Waals surface area contributed by atoms with E-state index in [1.54, 1.807) is 45.6 Å². The first-order valence-electron chi connectivity index (χ1n) is 10.2. The molecule has 0 unspecified atom stereocenters. The van der Waals surface area contributed by atoms with Crippen molar-refractivity contribution in [3.8, 4) is 28.7 Å². The number of methoxy groups -OCH3 is 5. The summed E-state index contributed by atoms with van der Waals surface area (Å²) in [5, 5.41) is 0. The zero-order valence-electron chi connectivity index (χ0n) is 19.6. The maximum absolute atomic E-state index is 12.9. The lowest BCUT2D eigenvalue weighted by Gasteiger charge is -2.13. The van der Waals surface area contributed by atoms with Crippen molar-refractivity contribution in [2.75, 3.05) is 40.3 Å². The molecule has 34 heavy (non-hydrogen) atoms. The van der Waals surface area contributed by atoms with E-state index in [2.05, 4.69) is 4.72 Å². The zero-order chi connectivity index (χ0) is 24.7. The first-order valence-corrected chi connectivity index (χ1v) is 11.7. The van der Waals surface area contributed by atoms with Gasteiger partial charge in [-0.1, -0.05) is 24.3 Å². The molecule has 3 rings (SSSR count). The predicted molar refractivity (Wildman–Crippen MR) is 132 cm³/mol. The van der Waals surface area contributed by atoms with Crippen LogP contribution >= 0.6 is 0 Å². The van der Waals surface area contributed by atoms with Gasteiger partial charge in [-0.25, -0.2) is 8.42 Å². The van der Waals surface area contributed by atoms with Crippen LogP contribution in [0.5, 0.6) is 28.7 Å². The van der Waals surface area contributed by atoms with Crippen molar-refractivity contribution in [1.29, 1.82) is 0 Å². The van der Waals surface area contributed by atoms with Crippen molar-refractivity contribution in [1.82, 2.24) is 0 Å². The Bertz CT molecular complexity index is 1260. The first kappa shape index (κ1) is 24.8. The minimum atomic E-state index is -3.84. The third-order valence-electron chi connectivity index (χ3n) is 4.96. The van der Waals surface area contributed by atoms with E-state index in [1.807, 2.05) is 30.4 Å². The Morgan fingerprint density at radius 3 is 1.85 bits per heavy atom. The van der Waals surface area contributed by atoms with Crippen LogP contribution in [0.4, 0.5) is 5.69 Å². The van der Waals surface area contributed by atoms with E-state index in [4.69, 9.17) is 23.7 Å². The minimum Gasteiger partial charge on any atom is -0.493 e. The van der Waals surface area contributed by atoms with Gasteiger partial charge in [-0.2, -0.15) is 0 Å². The highest BCUT2D eigenvalue weighted by molar-refractivity contribution is 7.92. The fraction of sp³-hybridized carbons (Fsp3) is 0.200. The number of anilines is 1. The molecule has 0 aliphatic carbocycles. The molecular weight excluding hydrogens is 458 g/mol. The number of sulfonamides is 1. The largest absolute Gasteiger partial charge is 0.493 e. The molecule has 8 nitrogen and oxygen atoms in total. The highest BCUT2D eigenvalue weighted by atomic mass is 32.2. The molecule has 1 N–H and O–H groups in total. The van der Waals surface area contributed by atoms with Crippen molar-refractivity contribution < 1.29 is 32.1 Å². The Hall–Kier alpha value is -3.85. The molecule has 3 aromatic rings. The molecule has 3 aromatic carbocycles. The number of benzene rings is 3. The van der Waals surface area contributed by atoms with E-state index in [9.17, 15) is 8.42 Å². The molecule has 0 heterocycles. The average molecular weight is 486 g/mol. The second kappa shape index (κ2) is 10.8. The molecule has 0 saturated carbocycles. The summed E-state index contributed by atoms with van der Waals surface area (Å²) in [4.78, 5) is 0.0588. The molecule has 180 valence electrons. The number of nitrogens with one attached hydrogen (secondary N) is 1. The van der Waals surface area contributed by atoms with Crippen molar-refractivity contribution in [3.63, 3.8) is 0 Å². The van der Waals surface area contributed by atoms with Crippen LogP contribution in [-0.2, 0) is 10.0 Å². The Balaban J connectivity index is 1.85. The molecular formula is C25H27NO7S. The highest BCUT2D eigenvalue weighted by Crippen LogP contribution is 2.38. The SMILES string of the molecule is COc1ccc(S(=O)(=O)Nc2cccc(/C=C\c3cc(OC)c(OC)c(OC)c3)c2)cc1OC. The molecule has 0 spiro atoms. The van der Waals surface area contributed by atoms with Crippen LogP contribution in [0.3, 0.4) is 0 Å². The van der Waals surface area contributed by atoms with E-state index in [0.29, 0.717) is 34.4 Å². The lowest BCUT2D eigenvalue weighted by Crippen LogP contribution is -2.13. The Kier molecular flexibility index (Phi) is 7.91. The third kappa shape index (κ3) is 5.55. The van der Waals surface area contributed by atoms with Crippen LogP contribution in [0.2, 0.25) is 0 Å². The van der Waals surface area contributed by atoms with E-state index < -0.39 is 10.0 Å². The molecule has 0 amide bonds. The molecule has 9 heteroatoms. The summed E-state index contributed by atoms with van der Waals surface area (Å²) in [7, 11) is 3.76. The molecule has 0 saturated heterocycles. The molecule has 0 bridgehead atoms. The molecule has 0 atom stereocenters. The summed E-state index contributed by atoms with van der Waals surface area (Å²) in [6, 6.07) is 15.1. The number of rotatable bonds is 10. The van der Waals surface area contributed by atoms with Crippen LogP contribution in [0.1, 0.15) is 11.1 Å². The van der Waals surface area contributed by atoms with Gasteiger partial charge in [0, 0.05) is 11.8 Å². The van der Waals surface area contributed by atoms with Gasteiger partial charge in [0.15, 0.2) is 23.0 Å². The highest BCUT2D eigenvalue weighted by Gasteiger charge is 2.17. The van der Waals surface area contributed by atoms with Gasteiger partial charge in [0.1, 0.15) is 0 Å². The lowest BCUT2D eigenvalue weighted by molar-refractivity contribution is 0.324. The van der Waals surface area contributed by atoms with E-state index in [1.165, 1.54) is 26.4 Å². The lowest BCUT2D eigenvalue weighted by atomic mass is 10.1. The molecule has 0 radical (unpaired) electrons. The Labute approximate surface area is 199 Å². The number of ether oxygens (including phenoxy) is 5. The topological polar surface area (TPSA) is 92.3 Å². The minimum absolute atomic E-state index is 0.0588. The smallest absolute Gasteiger partial charge is 0.262 e. The van der Waals surface area contributed by atoms with E-state index in [-0.39, 0.29) is 4.90 Å². The van der Waals surface area contributed by atoms with Gasteiger partial charge in [-0.05, 0) is 47.5 Å². The summed E-state index contributed by atoms with van der Waals surface area (Å²) in [6.45, 7) is 0. The summed E-state index contributed by atoms with van der Waals surface area (Å²) in [6.07, 6.45) is 3.72.